The van der Waals surface area contributed by atoms with E-state index >= 15 is 0 Å². The number of nitrogens with zero attached hydrogens (tertiary/aromatic N) is 1. The largest absolute Gasteiger partial charge is 0.366 e. The predicted octanol–water partition coefficient (Wildman–Crippen LogP) is 1.38. The molecule has 0 bridgehead atoms. The Morgan fingerprint density at radius 2 is 2.21 bits per heavy atom. The fourth-order valence-corrected chi connectivity index (χ4v) is 2.51. The third kappa shape index (κ3) is 3.93. The molecule has 1 aliphatic rings. The second-order valence-corrected chi connectivity index (χ2v) is 5.54. The van der Waals surface area contributed by atoms with E-state index in [4.69, 9.17) is 11.5 Å². The molecule has 1 aliphatic heterocycles. The Labute approximate surface area is 120 Å². The van der Waals surface area contributed by atoms with E-state index in [9.17, 15) is 4.79 Å². The van der Waals surface area contributed by atoms with Gasteiger partial charge in [-0.2, -0.15) is 0 Å². The fraction of sp³-hybridized carbons (Fsp3) is 0.500. The van der Waals surface area contributed by atoms with Gasteiger partial charge in [-0.1, -0.05) is 19.1 Å². The maximum Gasteiger partial charge on any atom is 0.248 e. The Hall–Kier alpha value is -1.10. The van der Waals surface area contributed by atoms with Gasteiger partial charge in [0.05, 0.1) is 0 Å². The van der Waals surface area contributed by atoms with Crippen LogP contribution in [0.5, 0.6) is 0 Å². The summed E-state index contributed by atoms with van der Waals surface area (Å²) in [6, 6.07) is 7.54. The van der Waals surface area contributed by atoms with Crippen molar-refractivity contribution in [2.24, 2.45) is 16.9 Å². The highest BCUT2D eigenvalue weighted by atomic mass is 35.5. The van der Waals surface area contributed by atoms with Gasteiger partial charge in [0.15, 0.2) is 0 Å². The number of benzene rings is 1. The van der Waals surface area contributed by atoms with Crippen LogP contribution in [-0.4, -0.2) is 30.4 Å². The Morgan fingerprint density at radius 3 is 2.79 bits per heavy atom. The van der Waals surface area contributed by atoms with Gasteiger partial charge in [0, 0.05) is 18.7 Å². The van der Waals surface area contributed by atoms with Crippen molar-refractivity contribution in [1.82, 2.24) is 4.90 Å². The minimum Gasteiger partial charge on any atom is -0.366 e. The molecular formula is C14H22ClN3O. The van der Waals surface area contributed by atoms with E-state index in [0.717, 1.165) is 38.2 Å². The molecule has 0 radical (unpaired) electrons. The van der Waals surface area contributed by atoms with Crippen LogP contribution in [0.1, 0.15) is 29.3 Å². The normalized spacial score (nSPS) is 23.1. The SMILES string of the molecule is CC1(CN)CCN(Cc2cccc(C(N)=O)c2)C1.Cl. The summed E-state index contributed by atoms with van der Waals surface area (Å²) >= 11 is 0. The van der Waals surface area contributed by atoms with E-state index in [1.807, 2.05) is 18.2 Å². The van der Waals surface area contributed by atoms with Crippen molar-refractivity contribution in [3.8, 4) is 0 Å². The van der Waals surface area contributed by atoms with Crippen LogP contribution < -0.4 is 11.5 Å². The number of nitrogens with two attached hydrogens (primary N) is 2. The van der Waals surface area contributed by atoms with Crippen LogP contribution in [0.15, 0.2) is 24.3 Å². The number of carbonyl (C=O) groups is 1. The van der Waals surface area contributed by atoms with E-state index in [1.54, 1.807) is 6.07 Å². The number of likely N-dealkylation sites (tertiary alicyclic amines) is 1. The topological polar surface area (TPSA) is 72.3 Å². The highest BCUT2D eigenvalue weighted by Crippen LogP contribution is 2.29. The number of rotatable bonds is 4. The van der Waals surface area contributed by atoms with Crippen LogP contribution in [0, 0.1) is 5.41 Å². The van der Waals surface area contributed by atoms with Crippen LogP contribution in [-0.2, 0) is 6.54 Å². The van der Waals surface area contributed by atoms with Gasteiger partial charge in [0.25, 0.3) is 0 Å². The lowest BCUT2D eigenvalue weighted by Crippen LogP contribution is -2.31. The first-order valence-corrected chi connectivity index (χ1v) is 6.34. The summed E-state index contributed by atoms with van der Waals surface area (Å²) in [5.74, 6) is -0.370. The summed E-state index contributed by atoms with van der Waals surface area (Å²) in [6.07, 6.45) is 1.14. The quantitative estimate of drug-likeness (QED) is 0.877. The molecule has 4 nitrogen and oxygen atoms in total. The van der Waals surface area contributed by atoms with Gasteiger partial charge in [0.2, 0.25) is 5.91 Å². The van der Waals surface area contributed by atoms with Gasteiger partial charge in [-0.15, -0.1) is 12.4 Å². The molecule has 1 amide bonds. The molecule has 0 aliphatic carbocycles. The summed E-state index contributed by atoms with van der Waals surface area (Å²) < 4.78 is 0. The van der Waals surface area contributed by atoms with Crippen LogP contribution in [0.2, 0.25) is 0 Å². The zero-order valence-corrected chi connectivity index (χ0v) is 12.1. The number of hydrogen-bond donors (Lipinski definition) is 2. The van der Waals surface area contributed by atoms with Crippen LogP contribution in [0.3, 0.4) is 0 Å². The lowest BCUT2D eigenvalue weighted by atomic mass is 9.90. The summed E-state index contributed by atoms with van der Waals surface area (Å²) in [5, 5.41) is 0. The molecule has 1 fully saturated rings. The van der Waals surface area contributed by atoms with E-state index in [2.05, 4.69) is 11.8 Å². The average Bonchev–Trinajstić information content (AvgIpc) is 2.72. The van der Waals surface area contributed by atoms with Crippen LogP contribution >= 0.6 is 12.4 Å². The molecule has 1 aromatic rings. The molecule has 5 heteroatoms. The van der Waals surface area contributed by atoms with Gasteiger partial charge in [0.1, 0.15) is 0 Å². The van der Waals surface area contributed by atoms with Gasteiger partial charge in [-0.25, -0.2) is 0 Å². The van der Waals surface area contributed by atoms with Crippen molar-refractivity contribution in [3.63, 3.8) is 0 Å². The number of halogens is 1. The van der Waals surface area contributed by atoms with Gasteiger partial charge < -0.3 is 11.5 Å². The molecule has 1 heterocycles. The highest BCUT2D eigenvalue weighted by Gasteiger charge is 2.32. The Kier molecular flexibility index (Phi) is 5.35. The van der Waals surface area contributed by atoms with Crippen LogP contribution in [0.25, 0.3) is 0 Å². The predicted molar refractivity (Wildman–Crippen MR) is 79.3 cm³/mol. The molecule has 19 heavy (non-hydrogen) atoms. The Morgan fingerprint density at radius 1 is 1.47 bits per heavy atom. The van der Waals surface area contributed by atoms with Crippen molar-refractivity contribution >= 4 is 18.3 Å². The lowest BCUT2D eigenvalue weighted by molar-refractivity contribution is 0.1000. The molecule has 0 spiro atoms. The van der Waals surface area contributed by atoms with Crippen molar-refractivity contribution in [2.45, 2.75) is 19.9 Å². The Balaban J connectivity index is 0.00000180. The third-order valence-electron chi connectivity index (χ3n) is 3.75. The van der Waals surface area contributed by atoms with Crippen molar-refractivity contribution in [1.29, 1.82) is 0 Å². The second-order valence-electron chi connectivity index (χ2n) is 5.54. The van der Waals surface area contributed by atoms with Crippen LogP contribution in [0.4, 0.5) is 0 Å². The first-order valence-electron chi connectivity index (χ1n) is 6.34. The van der Waals surface area contributed by atoms with Crippen molar-refractivity contribution in [2.75, 3.05) is 19.6 Å². The second kappa shape index (κ2) is 6.37. The van der Waals surface area contributed by atoms with Crippen molar-refractivity contribution in [3.05, 3.63) is 35.4 Å². The van der Waals surface area contributed by atoms with Gasteiger partial charge in [-0.3, -0.25) is 9.69 Å². The maximum atomic E-state index is 11.1. The van der Waals surface area contributed by atoms with E-state index in [0.29, 0.717) is 5.56 Å². The minimum absolute atomic E-state index is 0. The average molecular weight is 284 g/mol. The molecule has 1 aromatic carbocycles. The first-order chi connectivity index (χ1) is 8.52. The van der Waals surface area contributed by atoms with Crippen molar-refractivity contribution < 1.29 is 4.79 Å². The molecule has 0 aromatic heterocycles. The van der Waals surface area contributed by atoms with E-state index in [-0.39, 0.29) is 23.7 Å². The number of hydrogen-bond acceptors (Lipinski definition) is 3. The molecule has 1 unspecified atom stereocenters. The summed E-state index contributed by atoms with van der Waals surface area (Å²) in [7, 11) is 0. The molecule has 4 N–H and O–H groups in total. The summed E-state index contributed by atoms with van der Waals surface area (Å²) in [4.78, 5) is 13.5. The number of amides is 1. The third-order valence-corrected chi connectivity index (χ3v) is 3.75. The summed E-state index contributed by atoms with van der Waals surface area (Å²) in [5.41, 5.74) is 13.0. The molecular weight excluding hydrogens is 262 g/mol. The van der Waals surface area contributed by atoms with Gasteiger partial charge >= 0.3 is 0 Å². The lowest BCUT2D eigenvalue weighted by Gasteiger charge is -2.22. The van der Waals surface area contributed by atoms with E-state index in [1.165, 1.54) is 0 Å². The maximum absolute atomic E-state index is 11.1. The molecule has 1 saturated heterocycles. The first kappa shape index (κ1) is 16.0. The number of primary amides is 1. The zero-order chi connectivity index (χ0) is 13.2. The monoisotopic (exact) mass is 283 g/mol. The molecule has 2 rings (SSSR count). The minimum atomic E-state index is -0.370. The Bertz CT molecular complexity index is 452. The zero-order valence-electron chi connectivity index (χ0n) is 11.3. The fourth-order valence-electron chi connectivity index (χ4n) is 2.51. The smallest absolute Gasteiger partial charge is 0.248 e. The highest BCUT2D eigenvalue weighted by molar-refractivity contribution is 5.92. The van der Waals surface area contributed by atoms with E-state index < -0.39 is 0 Å². The standard InChI is InChI=1S/C14H21N3O.ClH/c1-14(9-15)5-6-17(10-14)8-11-3-2-4-12(7-11)13(16)18;/h2-4,7H,5-6,8-10,15H2,1H3,(H2,16,18);1H. The molecule has 1 atom stereocenters. The number of carbonyl (C=O) groups excluding carboxylic acids is 1. The summed E-state index contributed by atoms with van der Waals surface area (Å²) in [6.45, 7) is 5.90. The molecule has 0 saturated carbocycles. The van der Waals surface area contributed by atoms with Gasteiger partial charge in [-0.05, 0) is 42.6 Å². The molecule has 106 valence electrons.